The quantitative estimate of drug-likeness (QED) is 0.725. The van der Waals surface area contributed by atoms with Crippen LogP contribution in [0, 0.1) is 5.82 Å². The SMILES string of the molecule is CC(C)NC(=O)C(C)N(Cc1ccccc1F)C(=O)COc1cccc(Cl)c1. The van der Waals surface area contributed by atoms with Crippen molar-refractivity contribution in [3.05, 3.63) is 64.9 Å². The summed E-state index contributed by atoms with van der Waals surface area (Å²) in [5.41, 5.74) is 0.322. The molecule has 1 atom stereocenters. The molecule has 0 aliphatic heterocycles. The Hall–Kier alpha value is -2.60. The summed E-state index contributed by atoms with van der Waals surface area (Å²) >= 11 is 5.92. The molecule has 150 valence electrons. The van der Waals surface area contributed by atoms with Crippen molar-refractivity contribution >= 4 is 23.4 Å². The normalized spacial score (nSPS) is 11.8. The molecule has 0 spiro atoms. The van der Waals surface area contributed by atoms with Gasteiger partial charge in [0.2, 0.25) is 5.91 Å². The fraction of sp³-hybridized carbons (Fsp3) is 0.333. The van der Waals surface area contributed by atoms with Gasteiger partial charge in [0, 0.05) is 23.2 Å². The standard InChI is InChI=1S/C21H24ClFN2O3/c1-14(2)24-21(27)15(3)25(12-16-7-4-5-10-19(16)23)20(26)13-28-18-9-6-8-17(22)11-18/h4-11,14-15H,12-13H2,1-3H3,(H,24,27). The molecule has 7 heteroatoms. The first-order valence-corrected chi connectivity index (χ1v) is 9.37. The third-order valence-corrected chi connectivity index (χ3v) is 4.29. The Balaban J connectivity index is 2.17. The van der Waals surface area contributed by atoms with E-state index in [2.05, 4.69) is 5.32 Å². The lowest BCUT2D eigenvalue weighted by Crippen LogP contribution is -2.50. The van der Waals surface area contributed by atoms with Crippen LogP contribution >= 0.6 is 11.6 Å². The molecule has 2 amide bonds. The first-order chi connectivity index (χ1) is 13.3. The first kappa shape index (κ1) is 21.7. The van der Waals surface area contributed by atoms with Gasteiger partial charge in [0.1, 0.15) is 17.6 Å². The summed E-state index contributed by atoms with van der Waals surface area (Å²) in [6, 6.07) is 11.9. The van der Waals surface area contributed by atoms with Gasteiger partial charge >= 0.3 is 0 Å². The zero-order valence-electron chi connectivity index (χ0n) is 16.1. The van der Waals surface area contributed by atoms with E-state index in [0.29, 0.717) is 16.3 Å². The number of amides is 2. The van der Waals surface area contributed by atoms with Crippen molar-refractivity contribution in [1.29, 1.82) is 0 Å². The number of nitrogens with zero attached hydrogens (tertiary/aromatic N) is 1. The minimum atomic E-state index is -0.794. The molecule has 0 fully saturated rings. The van der Waals surface area contributed by atoms with Gasteiger partial charge in [0.15, 0.2) is 6.61 Å². The summed E-state index contributed by atoms with van der Waals surface area (Å²) < 4.78 is 19.6. The zero-order chi connectivity index (χ0) is 20.7. The molecule has 1 N–H and O–H groups in total. The number of ether oxygens (including phenoxy) is 1. The summed E-state index contributed by atoms with van der Waals surface area (Å²) in [4.78, 5) is 26.6. The maximum atomic E-state index is 14.1. The largest absolute Gasteiger partial charge is 0.484 e. The molecule has 0 aliphatic rings. The highest BCUT2D eigenvalue weighted by Crippen LogP contribution is 2.18. The van der Waals surface area contributed by atoms with Crippen LogP contribution in [0.4, 0.5) is 4.39 Å². The van der Waals surface area contributed by atoms with E-state index < -0.39 is 17.8 Å². The number of halogens is 2. The molecule has 0 saturated carbocycles. The summed E-state index contributed by atoms with van der Waals surface area (Å²) in [7, 11) is 0. The average Bonchev–Trinajstić information content (AvgIpc) is 2.64. The van der Waals surface area contributed by atoms with Gasteiger partial charge in [-0.3, -0.25) is 9.59 Å². The number of rotatable bonds is 8. The molecule has 0 radical (unpaired) electrons. The number of carbonyl (C=O) groups is 2. The molecular formula is C21H24ClFN2O3. The third-order valence-electron chi connectivity index (χ3n) is 4.06. The van der Waals surface area contributed by atoms with E-state index >= 15 is 0 Å². The number of hydrogen-bond donors (Lipinski definition) is 1. The van der Waals surface area contributed by atoms with Gasteiger partial charge in [-0.2, -0.15) is 0 Å². The van der Waals surface area contributed by atoms with Gasteiger partial charge in [-0.1, -0.05) is 35.9 Å². The minimum absolute atomic E-state index is 0.0445. The van der Waals surface area contributed by atoms with Crippen LogP contribution in [0.5, 0.6) is 5.75 Å². The van der Waals surface area contributed by atoms with E-state index in [1.807, 2.05) is 13.8 Å². The molecule has 2 aromatic rings. The number of benzene rings is 2. The van der Waals surface area contributed by atoms with Crippen LogP contribution in [0.1, 0.15) is 26.3 Å². The molecular weight excluding hydrogens is 383 g/mol. The minimum Gasteiger partial charge on any atom is -0.484 e. The molecule has 0 saturated heterocycles. The maximum absolute atomic E-state index is 14.1. The predicted octanol–water partition coefficient (Wildman–Crippen LogP) is 3.80. The Bertz CT molecular complexity index is 829. The smallest absolute Gasteiger partial charge is 0.261 e. The fourth-order valence-electron chi connectivity index (χ4n) is 2.58. The fourth-order valence-corrected chi connectivity index (χ4v) is 2.76. The Labute approximate surface area is 169 Å². The van der Waals surface area contributed by atoms with Crippen molar-refractivity contribution in [2.24, 2.45) is 0 Å². The second kappa shape index (κ2) is 10.1. The van der Waals surface area contributed by atoms with Crippen LogP contribution in [0.25, 0.3) is 0 Å². The molecule has 28 heavy (non-hydrogen) atoms. The van der Waals surface area contributed by atoms with Crippen LogP contribution in [0.2, 0.25) is 5.02 Å². The average molecular weight is 407 g/mol. The van der Waals surface area contributed by atoms with Crippen LogP contribution in [0.3, 0.4) is 0 Å². The molecule has 0 bridgehead atoms. The van der Waals surface area contributed by atoms with Crippen LogP contribution in [-0.2, 0) is 16.1 Å². The molecule has 5 nitrogen and oxygen atoms in total. The van der Waals surface area contributed by atoms with Crippen molar-refractivity contribution in [1.82, 2.24) is 10.2 Å². The number of nitrogens with one attached hydrogen (secondary N) is 1. The summed E-state index contributed by atoms with van der Waals surface area (Å²) in [5.74, 6) is -0.754. The first-order valence-electron chi connectivity index (χ1n) is 8.99. The molecule has 1 unspecified atom stereocenters. The molecule has 0 aliphatic carbocycles. The Morgan fingerprint density at radius 1 is 1.14 bits per heavy atom. The maximum Gasteiger partial charge on any atom is 0.261 e. The molecule has 0 heterocycles. The van der Waals surface area contributed by atoms with Gasteiger partial charge in [0.25, 0.3) is 5.91 Å². The second-order valence-electron chi connectivity index (χ2n) is 6.70. The summed E-state index contributed by atoms with van der Waals surface area (Å²) in [6.07, 6.45) is 0. The van der Waals surface area contributed by atoms with Crippen molar-refractivity contribution in [3.63, 3.8) is 0 Å². The van der Waals surface area contributed by atoms with Gasteiger partial charge in [-0.05, 0) is 45.0 Å². The van der Waals surface area contributed by atoms with Crippen molar-refractivity contribution in [2.75, 3.05) is 6.61 Å². The second-order valence-corrected chi connectivity index (χ2v) is 7.13. The van der Waals surface area contributed by atoms with Crippen molar-refractivity contribution in [3.8, 4) is 5.75 Å². The van der Waals surface area contributed by atoms with Gasteiger partial charge in [0.05, 0.1) is 0 Å². The van der Waals surface area contributed by atoms with E-state index in [1.54, 1.807) is 49.4 Å². The van der Waals surface area contributed by atoms with Gasteiger partial charge < -0.3 is 15.0 Å². The van der Waals surface area contributed by atoms with E-state index in [0.717, 1.165) is 0 Å². The van der Waals surface area contributed by atoms with E-state index in [1.165, 1.54) is 11.0 Å². The molecule has 2 rings (SSSR count). The van der Waals surface area contributed by atoms with E-state index in [9.17, 15) is 14.0 Å². The van der Waals surface area contributed by atoms with Crippen molar-refractivity contribution in [2.45, 2.75) is 39.4 Å². The highest BCUT2D eigenvalue weighted by atomic mass is 35.5. The Morgan fingerprint density at radius 2 is 1.86 bits per heavy atom. The Morgan fingerprint density at radius 3 is 2.50 bits per heavy atom. The lowest BCUT2D eigenvalue weighted by molar-refractivity contribution is -0.142. The summed E-state index contributed by atoms with van der Waals surface area (Å²) in [6.45, 7) is 4.92. The third kappa shape index (κ3) is 6.23. The van der Waals surface area contributed by atoms with Crippen molar-refractivity contribution < 1.29 is 18.7 Å². The lowest BCUT2D eigenvalue weighted by atomic mass is 10.1. The number of carbonyl (C=O) groups excluding carboxylic acids is 2. The molecule has 2 aromatic carbocycles. The van der Waals surface area contributed by atoms with Crippen LogP contribution in [-0.4, -0.2) is 35.4 Å². The van der Waals surface area contributed by atoms with Crippen LogP contribution in [0.15, 0.2) is 48.5 Å². The van der Waals surface area contributed by atoms with Gasteiger partial charge in [-0.25, -0.2) is 4.39 Å². The monoisotopic (exact) mass is 406 g/mol. The highest BCUT2D eigenvalue weighted by Gasteiger charge is 2.27. The highest BCUT2D eigenvalue weighted by molar-refractivity contribution is 6.30. The van der Waals surface area contributed by atoms with Gasteiger partial charge in [-0.15, -0.1) is 0 Å². The summed E-state index contributed by atoms with van der Waals surface area (Å²) in [5, 5.41) is 3.26. The molecule has 0 aromatic heterocycles. The van der Waals surface area contributed by atoms with E-state index in [-0.39, 0.29) is 25.1 Å². The Kier molecular flexibility index (Phi) is 7.81. The van der Waals surface area contributed by atoms with E-state index in [4.69, 9.17) is 16.3 Å². The number of hydrogen-bond acceptors (Lipinski definition) is 3. The van der Waals surface area contributed by atoms with Crippen LogP contribution < -0.4 is 10.1 Å². The lowest BCUT2D eigenvalue weighted by Gasteiger charge is -2.29. The topological polar surface area (TPSA) is 58.6 Å². The predicted molar refractivity (Wildman–Crippen MR) is 107 cm³/mol. The zero-order valence-corrected chi connectivity index (χ0v) is 16.9.